The Hall–Kier alpha value is -3.75. The molecule has 32 heavy (non-hydrogen) atoms. The topological polar surface area (TPSA) is 71.3 Å². The summed E-state index contributed by atoms with van der Waals surface area (Å²) in [4.78, 5) is 12.6. The number of halogens is 1. The summed E-state index contributed by atoms with van der Waals surface area (Å²) in [6, 6.07) is 22.1. The molecule has 1 amide bonds. The Morgan fingerprint density at radius 3 is 2.59 bits per heavy atom. The Labute approximate surface area is 192 Å². The zero-order valence-electron chi connectivity index (χ0n) is 17.9. The van der Waals surface area contributed by atoms with Gasteiger partial charge >= 0.3 is 0 Å². The van der Waals surface area contributed by atoms with Crippen LogP contribution >= 0.6 is 11.6 Å². The van der Waals surface area contributed by atoms with E-state index in [4.69, 9.17) is 21.1 Å². The molecule has 0 heterocycles. The van der Waals surface area contributed by atoms with Crippen molar-refractivity contribution in [2.75, 3.05) is 11.9 Å². The van der Waals surface area contributed by atoms with Crippen molar-refractivity contribution in [3.05, 3.63) is 94.0 Å². The van der Waals surface area contributed by atoms with Gasteiger partial charge in [-0.05, 0) is 66.9 Å². The van der Waals surface area contributed by atoms with Crippen molar-refractivity contribution in [3.63, 3.8) is 0 Å². The zero-order valence-corrected chi connectivity index (χ0v) is 18.6. The first kappa shape index (κ1) is 22.9. The lowest BCUT2D eigenvalue weighted by Gasteiger charge is -2.13. The van der Waals surface area contributed by atoms with Gasteiger partial charge < -0.3 is 14.8 Å². The molecule has 3 rings (SSSR count). The van der Waals surface area contributed by atoms with Crippen LogP contribution in [0.25, 0.3) is 6.08 Å². The number of hydrogen-bond acceptors (Lipinski definition) is 4. The van der Waals surface area contributed by atoms with Gasteiger partial charge in [-0.3, -0.25) is 4.79 Å². The summed E-state index contributed by atoms with van der Waals surface area (Å²) in [5.74, 6) is 0.618. The molecule has 0 spiro atoms. The fourth-order valence-electron chi connectivity index (χ4n) is 3.01. The lowest BCUT2D eigenvalue weighted by Crippen LogP contribution is -2.14. The monoisotopic (exact) mass is 446 g/mol. The minimum atomic E-state index is -0.471. The van der Waals surface area contributed by atoms with Crippen molar-refractivity contribution in [3.8, 4) is 17.6 Å². The number of anilines is 1. The van der Waals surface area contributed by atoms with Crippen LogP contribution in [0.1, 0.15) is 23.6 Å². The van der Waals surface area contributed by atoms with Crippen LogP contribution < -0.4 is 14.8 Å². The van der Waals surface area contributed by atoms with Crippen molar-refractivity contribution in [1.29, 1.82) is 5.26 Å². The smallest absolute Gasteiger partial charge is 0.266 e. The number of nitriles is 1. The molecule has 0 atom stereocenters. The molecule has 0 radical (unpaired) electrons. The lowest BCUT2D eigenvalue weighted by atomic mass is 10.1. The van der Waals surface area contributed by atoms with Crippen LogP contribution in [-0.4, -0.2) is 12.5 Å². The number of carbonyl (C=O) groups excluding carboxylic acids is 1. The van der Waals surface area contributed by atoms with Gasteiger partial charge in [-0.2, -0.15) is 5.26 Å². The predicted molar refractivity (Wildman–Crippen MR) is 127 cm³/mol. The van der Waals surface area contributed by atoms with Crippen LogP contribution in [0.2, 0.25) is 5.02 Å². The lowest BCUT2D eigenvalue weighted by molar-refractivity contribution is -0.112. The van der Waals surface area contributed by atoms with E-state index >= 15 is 0 Å². The van der Waals surface area contributed by atoms with E-state index in [0.29, 0.717) is 41.0 Å². The van der Waals surface area contributed by atoms with Gasteiger partial charge in [-0.15, -0.1) is 0 Å². The third-order valence-corrected chi connectivity index (χ3v) is 4.86. The van der Waals surface area contributed by atoms with E-state index in [1.54, 1.807) is 30.3 Å². The first-order valence-corrected chi connectivity index (χ1v) is 10.5. The zero-order chi connectivity index (χ0) is 22.9. The van der Waals surface area contributed by atoms with Crippen LogP contribution in [-0.2, 0) is 11.4 Å². The summed E-state index contributed by atoms with van der Waals surface area (Å²) in [7, 11) is 0. The number of amides is 1. The second-order valence-electron chi connectivity index (χ2n) is 7.00. The SMILES string of the molecule is CCOc1cc(/C=C(\C#N)C(=O)Nc2ccccc2C)ccc1OCc1cccc(Cl)c1. The molecule has 0 unspecified atom stereocenters. The number of nitrogens with zero attached hydrogens (tertiary/aromatic N) is 1. The predicted octanol–water partition coefficient (Wildman–Crippen LogP) is 6.17. The van der Waals surface area contributed by atoms with Gasteiger partial charge in [0.2, 0.25) is 0 Å². The average molecular weight is 447 g/mol. The highest BCUT2D eigenvalue weighted by molar-refractivity contribution is 6.30. The van der Waals surface area contributed by atoms with Gasteiger partial charge in [-0.1, -0.05) is 48.0 Å². The largest absolute Gasteiger partial charge is 0.490 e. The van der Waals surface area contributed by atoms with Crippen LogP contribution in [0.3, 0.4) is 0 Å². The number of rotatable bonds is 8. The quantitative estimate of drug-likeness (QED) is 0.331. The molecule has 0 aliphatic heterocycles. The summed E-state index contributed by atoms with van der Waals surface area (Å²) in [6.07, 6.45) is 1.52. The minimum absolute atomic E-state index is 0.0108. The van der Waals surface area contributed by atoms with Gasteiger partial charge in [0.1, 0.15) is 18.2 Å². The average Bonchev–Trinajstić information content (AvgIpc) is 2.78. The first-order chi connectivity index (χ1) is 15.5. The van der Waals surface area contributed by atoms with Crippen molar-refractivity contribution >= 4 is 29.3 Å². The molecular weight excluding hydrogens is 424 g/mol. The summed E-state index contributed by atoms with van der Waals surface area (Å²) in [5, 5.41) is 12.9. The van der Waals surface area contributed by atoms with E-state index in [2.05, 4.69) is 5.32 Å². The van der Waals surface area contributed by atoms with Gasteiger partial charge in [0.15, 0.2) is 11.5 Å². The highest BCUT2D eigenvalue weighted by Crippen LogP contribution is 2.30. The summed E-state index contributed by atoms with van der Waals surface area (Å²) in [5.41, 5.74) is 3.16. The number of benzene rings is 3. The Bertz CT molecular complexity index is 1180. The van der Waals surface area contributed by atoms with E-state index in [1.165, 1.54) is 6.08 Å². The van der Waals surface area contributed by atoms with Gasteiger partial charge in [0, 0.05) is 10.7 Å². The number of carbonyl (C=O) groups is 1. The molecule has 1 N–H and O–H groups in total. The molecule has 0 aliphatic carbocycles. The van der Waals surface area contributed by atoms with E-state index in [9.17, 15) is 10.1 Å². The number of para-hydroxylation sites is 1. The molecule has 0 bridgehead atoms. The second kappa shape index (κ2) is 11.0. The van der Waals surface area contributed by atoms with E-state index in [-0.39, 0.29) is 5.57 Å². The highest BCUT2D eigenvalue weighted by atomic mass is 35.5. The standard InChI is InChI=1S/C26H23ClN2O3/c1-3-31-25-15-19(11-12-24(25)32-17-20-8-6-9-22(27)14-20)13-21(16-28)26(30)29-23-10-5-4-7-18(23)2/h4-15H,3,17H2,1-2H3,(H,29,30)/b21-13+. The fourth-order valence-corrected chi connectivity index (χ4v) is 3.22. The summed E-state index contributed by atoms with van der Waals surface area (Å²) >= 11 is 6.03. The maximum Gasteiger partial charge on any atom is 0.266 e. The Morgan fingerprint density at radius 1 is 1.06 bits per heavy atom. The fraction of sp³-hybridized carbons (Fsp3) is 0.154. The Balaban J connectivity index is 1.79. The van der Waals surface area contributed by atoms with Crippen LogP contribution in [0.4, 0.5) is 5.69 Å². The molecule has 6 heteroatoms. The molecule has 0 saturated heterocycles. The van der Waals surface area contributed by atoms with Crippen molar-refractivity contribution < 1.29 is 14.3 Å². The molecule has 3 aromatic carbocycles. The molecule has 5 nitrogen and oxygen atoms in total. The maximum atomic E-state index is 12.6. The summed E-state index contributed by atoms with van der Waals surface area (Å²) < 4.78 is 11.6. The van der Waals surface area contributed by atoms with E-state index < -0.39 is 5.91 Å². The van der Waals surface area contributed by atoms with Crippen LogP contribution in [0.5, 0.6) is 11.5 Å². The Morgan fingerprint density at radius 2 is 1.88 bits per heavy atom. The molecular formula is C26H23ClN2O3. The van der Waals surface area contributed by atoms with Crippen molar-refractivity contribution in [1.82, 2.24) is 0 Å². The highest BCUT2D eigenvalue weighted by Gasteiger charge is 2.12. The van der Waals surface area contributed by atoms with Gasteiger partial charge in [-0.25, -0.2) is 0 Å². The van der Waals surface area contributed by atoms with Gasteiger partial charge in [0.05, 0.1) is 6.61 Å². The van der Waals surface area contributed by atoms with Crippen LogP contribution in [0, 0.1) is 18.3 Å². The minimum Gasteiger partial charge on any atom is -0.490 e. The second-order valence-corrected chi connectivity index (χ2v) is 7.43. The number of aryl methyl sites for hydroxylation is 1. The number of ether oxygens (including phenoxy) is 2. The third kappa shape index (κ3) is 6.13. The maximum absolute atomic E-state index is 12.6. The third-order valence-electron chi connectivity index (χ3n) is 4.62. The molecule has 0 fully saturated rings. The molecule has 0 aromatic heterocycles. The van der Waals surface area contributed by atoms with Crippen molar-refractivity contribution in [2.45, 2.75) is 20.5 Å². The summed E-state index contributed by atoms with van der Waals surface area (Å²) in [6.45, 7) is 4.54. The Kier molecular flexibility index (Phi) is 7.91. The van der Waals surface area contributed by atoms with E-state index in [1.807, 2.05) is 56.3 Å². The van der Waals surface area contributed by atoms with Crippen LogP contribution in [0.15, 0.2) is 72.3 Å². The van der Waals surface area contributed by atoms with Gasteiger partial charge in [0.25, 0.3) is 5.91 Å². The molecule has 0 aliphatic rings. The van der Waals surface area contributed by atoms with Crippen molar-refractivity contribution in [2.24, 2.45) is 0 Å². The molecule has 0 saturated carbocycles. The first-order valence-electron chi connectivity index (χ1n) is 10.1. The molecule has 162 valence electrons. The number of hydrogen-bond donors (Lipinski definition) is 1. The molecule has 3 aromatic rings. The van der Waals surface area contributed by atoms with E-state index in [0.717, 1.165) is 11.1 Å². The number of nitrogens with one attached hydrogen (secondary N) is 1. The normalized spacial score (nSPS) is 10.9.